The Labute approximate surface area is 133 Å². The molecule has 2 bridgehead atoms. The first-order chi connectivity index (χ1) is 10.4. The largest absolute Gasteiger partial charge is 0.350 e. The maximum atomic E-state index is 5.48. The molecule has 0 amide bonds. The van der Waals surface area contributed by atoms with Crippen LogP contribution in [0, 0.1) is 5.92 Å². The van der Waals surface area contributed by atoms with Gasteiger partial charge in [-0.25, -0.2) is 0 Å². The van der Waals surface area contributed by atoms with Gasteiger partial charge in [0.25, 0.3) is 0 Å². The summed E-state index contributed by atoms with van der Waals surface area (Å²) in [4.78, 5) is 2.59. The second kappa shape index (κ2) is 6.50. The highest BCUT2D eigenvalue weighted by Gasteiger charge is 2.38. The van der Waals surface area contributed by atoms with E-state index in [0.29, 0.717) is 5.92 Å². The highest BCUT2D eigenvalue weighted by atomic mass is 32.2. The van der Waals surface area contributed by atoms with Crippen molar-refractivity contribution in [2.24, 2.45) is 5.92 Å². The van der Waals surface area contributed by atoms with Crippen LogP contribution in [-0.4, -0.2) is 58.5 Å². The van der Waals surface area contributed by atoms with Gasteiger partial charge in [-0.15, -0.1) is 11.8 Å². The van der Waals surface area contributed by atoms with Crippen LogP contribution in [-0.2, 0) is 9.47 Å². The lowest BCUT2D eigenvalue weighted by Gasteiger charge is -2.21. The average Bonchev–Trinajstić information content (AvgIpc) is 3.21. The minimum atomic E-state index is -0.00986. The molecule has 3 saturated heterocycles. The van der Waals surface area contributed by atoms with Crippen molar-refractivity contribution in [1.29, 1.82) is 0 Å². The summed E-state index contributed by atoms with van der Waals surface area (Å²) in [6.45, 7) is 5.18. The quantitative estimate of drug-likeness (QED) is 0.773. The lowest BCUT2D eigenvalue weighted by molar-refractivity contribution is -0.0421. The van der Waals surface area contributed by atoms with E-state index in [-0.39, 0.29) is 6.29 Å². The molecule has 0 N–H and O–H groups in total. The molecule has 0 radical (unpaired) electrons. The number of ether oxygens (including phenoxy) is 2. The van der Waals surface area contributed by atoms with Crippen molar-refractivity contribution in [2.45, 2.75) is 36.5 Å². The van der Waals surface area contributed by atoms with E-state index in [1.54, 1.807) is 0 Å². The summed E-state index contributed by atoms with van der Waals surface area (Å²) in [7, 11) is 0. The molecular weight excluding hydrogens is 306 g/mol. The SMILES string of the molecule is C1CC2CN(C1)CC2c1nsnc1SCCC1OCCO1. The van der Waals surface area contributed by atoms with Crippen molar-refractivity contribution < 1.29 is 9.47 Å². The Hall–Kier alpha value is -0.210. The summed E-state index contributed by atoms with van der Waals surface area (Å²) < 4.78 is 20.1. The van der Waals surface area contributed by atoms with E-state index in [9.17, 15) is 0 Å². The fourth-order valence-corrected chi connectivity index (χ4v) is 5.40. The van der Waals surface area contributed by atoms with Crippen LogP contribution in [0.3, 0.4) is 0 Å². The molecule has 3 fully saturated rings. The van der Waals surface area contributed by atoms with Gasteiger partial charge in [-0.05, 0) is 25.3 Å². The minimum absolute atomic E-state index is 0.00986. The second-order valence-electron chi connectivity index (χ2n) is 6.03. The standard InChI is InChI=1S/C14H21N3O2S2/c1-2-10-8-17(4-1)9-11(10)13-14(16-21-15-13)20-7-3-12-18-5-6-19-12/h10-12H,1-9H2. The van der Waals surface area contributed by atoms with Gasteiger partial charge in [0.2, 0.25) is 0 Å². The third-order valence-electron chi connectivity index (χ3n) is 4.68. The van der Waals surface area contributed by atoms with Crippen LogP contribution in [0.25, 0.3) is 0 Å². The molecule has 0 saturated carbocycles. The molecule has 4 heterocycles. The molecule has 3 atom stereocenters. The lowest BCUT2D eigenvalue weighted by Crippen LogP contribution is -2.25. The van der Waals surface area contributed by atoms with Gasteiger partial charge in [-0.2, -0.15) is 8.75 Å². The number of rotatable bonds is 5. The molecule has 7 heteroatoms. The fourth-order valence-electron chi connectivity index (χ4n) is 3.66. The molecule has 21 heavy (non-hydrogen) atoms. The number of aromatic nitrogens is 2. The van der Waals surface area contributed by atoms with Crippen molar-refractivity contribution >= 4 is 23.5 Å². The molecule has 1 aromatic rings. The molecule has 0 aromatic carbocycles. The van der Waals surface area contributed by atoms with E-state index in [2.05, 4.69) is 13.6 Å². The number of hydrogen-bond donors (Lipinski definition) is 0. The van der Waals surface area contributed by atoms with Crippen LogP contribution >= 0.6 is 23.5 Å². The number of fused-ring (bicyclic) bond motifs is 2. The molecule has 4 rings (SSSR count). The Bertz CT molecular complexity index is 479. The molecule has 3 aliphatic rings. The zero-order valence-corrected chi connectivity index (χ0v) is 13.7. The summed E-state index contributed by atoms with van der Waals surface area (Å²) in [6.07, 6.45) is 3.62. The zero-order valence-electron chi connectivity index (χ0n) is 12.1. The maximum absolute atomic E-state index is 5.48. The third kappa shape index (κ3) is 3.12. The Balaban J connectivity index is 1.37. The summed E-state index contributed by atoms with van der Waals surface area (Å²) in [6, 6.07) is 0. The first-order valence-electron chi connectivity index (χ1n) is 7.81. The van der Waals surface area contributed by atoms with Crippen LogP contribution < -0.4 is 0 Å². The molecule has 1 aromatic heterocycles. The summed E-state index contributed by atoms with van der Waals surface area (Å²) in [5.41, 5.74) is 1.26. The van der Waals surface area contributed by atoms with Gasteiger partial charge in [-0.3, -0.25) is 0 Å². The van der Waals surface area contributed by atoms with Crippen molar-refractivity contribution in [3.05, 3.63) is 5.69 Å². The predicted octanol–water partition coefficient (Wildman–Crippen LogP) is 2.20. The minimum Gasteiger partial charge on any atom is -0.350 e. The topological polar surface area (TPSA) is 47.5 Å². The van der Waals surface area contributed by atoms with E-state index >= 15 is 0 Å². The number of piperidine rings is 1. The van der Waals surface area contributed by atoms with E-state index in [0.717, 1.165) is 36.3 Å². The van der Waals surface area contributed by atoms with Crippen LogP contribution in [0.1, 0.15) is 30.9 Å². The van der Waals surface area contributed by atoms with Crippen molar-refractivity contribution in [3.8, 4) is 0 Å². The smallest absolute Gasteiger partial charge is 0.158 e. The average molecular weight is 327 g/mol. The zero-order chi connectivity index (χ0) is 14.1. The molecule has 3 aliphatic heterocycles. The summed E-state index contributed by atoms with van der Waals surface area (Å²) in [5, 5.41) is 1.15. The van der Waals surface area contributed by atoms with Crippen LogP contribution in [0.4, 0.5) is 0 Å². The molecular formula is C14H21N3O2S2. The Morgan fingerprint density at radius 3 is 3.00 bits per heavy atom. The van der Waals surface area contributed by atoms with Crippen molar-refractivity contribution in [3.63, 3.8) is 0 Å². The molecule has 3 unspecified atom stereocenters. The number of nitrogens with zero attached hydrogens (tertiary/aromatic N) is 3. The van der Waals surface area contributed by atoms with Crippen LogP contribution in [0.5, 0.6) is 0 Å². The van der Waals surface area contributed by atoms with E-state index in [1.807, 2.05) is 11.8 Å². The van der Waals surface area contributed by atoms with Crippen LogP contribution in [0.15, 0.2) is 5.03 Å². The van der Waals surface area contributed by atoms with Crippen molar-refractivity contribution in [2.75, 3.05) is 38.6 Å². The van der Waals surface area contributed by atoms with E-state index in [1.165, 1.54) is 49.9 Å². The molecule has 116 valence electrons. The van der Waals surface area contributed by atoms with Gasteiger partial charge in [0.1, 0.15) is 5.03 Å². The predicted molar refractivity (Wildman–Crippen MR) is 82.8 cm³/mol. The van der Waals surface area contributed by atoms with Gasteiger partial charge in [0, 0.05) is 31.2 Å². The van der Waals surface area contributed by atoms with Gasteiger partial charge in [0.15, 0.2) is 6.29 Å². The van der Waals surface area contributed by atoms with Gasteiger partial charge in [0.05, 0.1) is 30.6 Å². The Kier molecular flexibility index (Phi) is 4.45. The van der Waals surface area contributed by atoms with Crippen LogP contribution in [0.2, 0.25) is 0 Å². The van der Waals surface area contributed by atoms with Crippen molar-refractivity contribution in [1.82, 2.24) is 13.6 Å². The van der Waals surface area contributed by atoms with E-state index < -0.39 is 0 Å². The van der Waals surface area contributed by atoms with Gasteiger partial charge >= 0.3 is 0 Å². The Morgan fingerprint density at radius 1 is 1.24 bits per heavy atom. The fraction of sp³-hybridized carbons (Fsp3) is 0.857. The maximum Gasteiger partial charge on any atom is 0.158 e. The molecule has 5 nitrogen and oxygen atoms in total. The third-order valence-corrected chi connectivity index (χ3v) is 6.35. The highest BCUT2D eigenvalue weighted by molar-refractivity contribution is 7.99. The first kappa shape index (κ1) is 14.4. The highest BCUT2D eigenvalue weighted by Crippen LogP contribution is 2.41. The molecule has 0 spiro atoms. The monoisotopic (exact) mass is 327 g/mol. The first-order valence-corrected chi connectivity index (χ1v) is 9.52. The summed E-state index contributed by atoms with van der Waals surface area (Å²) >= 11 is 3.19. The van der Waals surface area contributed by atoms with E-state index in [4.69, 9.17) is 9.47 Å². The normalized spacial score (nSPS) is 32.9. The van der Waals surface area contributed by atoms with Gasteiger partial charge in [-0.1, -0.05) is 0 Å². The number of thioether (sulfide) groups is 1. The number of hydrogen-bond acceptors (Lipinski definition) is 7. The summed E-state index contributed by atoms with van der Waals surface area (Å²) in [5.74, 6) is 2.39. The lowest BCUT2D eigenvalue weighted by atomic mass is 9.89. The second-order valence-corrected chi connectivity index (χ2v) is 7.64. The van der Waals surface area contributed by atoms with Gasteiger partial charge < -0.3 is 14.4 Å². The molecule has 0 aliphatic carbocycles. The Morgan fingerprint density at radius 2 is 2.14 bits per heavy atom.